The molecule has 4 rings (SSSR count). The van der Waals surface area contributed by atoms with Crippen molar-refractivity contribution < 1.29 is 14.6 Å². The second kappa shape index (κ2) is 9.19. The molecule has 1 saturated heterocycles. The molecule has 5 heteroatoms. The Kier molecular flexibility index (Phi) is 6.40. The van der Waals surface area contributed by atoms with E-state index in [0.717, 1.165) is 48.7 Å². The fraction of sp³-hybridized carbons (Fsp3) is 0.480. The normalized spacial score (nSPS) is 16.3. The van der Waals surface area contributed by atoms with Gasteiger partial charge in [0.15, 0.2) is 0 Å². The lowest BCUT2D eigenvalue weighted by Crippen LogP contribution is -2.26. The zero-order valence-corrected chi connectivity index (χ0v) is 18.2. The van der Waals surface area contributed by atoms with Gasteiger partial charge in [0, 0.05) is 19.1 Å². The molecule has 1 N–H and O–H groups in total. The number of rotatable bonds is 7. The van der Waals surface area contributed by atoms with Crippen LogP contribution in [-0.2, 0) is 11.3 Å². The average molecular weight is 409 g/mol. The number of aryl methyl sites for hydroxylation is 1. The zero-order valence-electron chi connectivity index (χ0n) is 18.2. The topological polar surface area (TPSA) is 56.5 Å². The van der Waals surface area contributed by atoms with Gasteiger partial charge in [0.25, 0.3) is 0 Å². The summed E-state index contributed by atoms with van der Waals surface area (Å²) in [5.74, 6) is 2.71. The quantitative estimate of drug-likeness (QED) is 0.610. The van der Waals surface area contributed by atoms with E-state index < -0.39 is 6.10 Å². The highest BCUT2D eigenvalue weighted by Gasteiger charge is 2.24. The number of aromatic nitrogens is 2. The first-order valence-corrected chi connectivity index (χ1v) is 11.0. The Morgan fingerprint density at radius 3 is 2.67 bits per heavy atom. The summed E-state index contributed by atoms with van der Waals surface area (Å²) in [6.45, 7) is 8.75. The lowest BCUT2D eigenvalue weighted by Gasteiger charge is -2.24. The molecule has 1 unspecified atom stereocenters. The van der Waals surface area contributed by atoms with Crippen molar-refractivity contribution in [3.63, 3.8) is 0 Å². The number of hydrogen-bond donors (Lipinski definition) is 1. The van der Waals surface area contributed by atoms with E-state index in [0.29, 0.717) is 18.4 Å². The minimum atomic E-state index is -0.619. The molecule has 30 heavy (non-hydrogen) atoms. The molecule has 5 nitrogen and oxygen atoms in total. The highest BCUT2D eigenvalue weighted by atomic mass is 16.5. The van der Waals surface area contributed by atoms with Gasteiger partial charge in [0.1, 0.15) is 24.3 Å². The minimum Gasteiger partial charge on any atom is -0.491 e. The Balaban J connectivity index is 1.48. The molecule has 0 amide bonds. The monoisotopic (exact) mass is 408 g/mol. The van der Waals surface area contributed by atoms with E-state index in [-0.39, 0.29) is 6.61 Å². The van der Waals surface area contributed by atoms with Crippen LogP contribution < -0.4 is 4.74 Å². The van der Waals surface area contributed by atoms with Gasteiger partial charge in [0.2, 0.25) is 0 Å². The Bertz CT molecular complexity index is 989. The molecular formula is C25H32N2O3. The van der Waals surface area contributed by atoms with Crippen LogP contribution in [0.4, 0.5) is 0 Å². The predicted octanol–water partition coefficient (Wildman–Crippen LogP) is 4.80. The lowest BCUT2D eigenvalue weighted by atomic mass is 9.98. The number of benzene rings is 2. The van der Waals surface area contributed by atoms with Crippen molar-refractivity contribution in [3.8, 4) is 5.75 Å². The average Bonchev–Trinajstić information content (AvgIpc) is 3.11. The van der Waals surface area contributed by atoms with Crippen LogP contribution in [0.1, 0.15) is 55.5 Å². The van der Waals surface area contributed by atoms with Crippen LogP contribution in [0.25, 0.3) is 11.0 Å². The van der Waals surface area contributed by atoms with Gasteiger partial charge < -0.3 is 19.1 Å². The highest BCUT2D eigenvalue weighted by molar-refractivity contribution is 5.76. The number of imidazole rings is 1. The molecule has 0 radical (unpaired) electrons. The molecule has 2 heterocycles. The first-order valence-electron chi connectivity index (χ1n) is 11.0. The highest BCUT2D eigenvalue weighted by Crippen LogP contribution is 2.30. The first-order chi connectivity index (χ1) is 14.5. The van der Waals surface area contributed by atoms with Crippen LogP contribution in [0, 0.1) is 6.92 Å². The summed E-state index contributed by atoms with van der Waals surface area (Å²) in [6.07, 6.45) is 1.32. The Morgan fingerprint density at radius 2 is 1.93 bits per heavy atom. The molecule has 2 aromatic carbocycles. The van der Waals surface area contributed by atoms with Crippen LogP contribution >= 0.6 is 0 Å². The fourth-order valence-electron chi connectivity index (χ4n) is 4.40. The predicted molar refractivity (Wildman–Crippen MR) is 119 cm³/mol. The van der Waals surface area contributed by atoms with E-state index in [9.17, 15) is 5.11 Å². The van der Waals surface area contributed by atoms with Gasteiger partial charge in [0.05, 0.1) is 17.6 Å². The van der Waals surface area contributed by atoms with Crippen molar-refractivity contribution in [2.75, 3.05) is 19.8 Å². The van der Waals surface area contributed by atoms with Crippen LogP contribution in [0.3, 0.4) is 0 Å². The molecule has 1 aliphatic rings. The van der Waals surface area contributed by atoms with Crippen LogP contribution in [-0.4, -0.2) is 40.6 Å². The van der Waals surface area contributed by atoms with Crippen molar-refractivity contribution in [3.05, 3.63) is 59.4 Å². The van der Waals surface area contributed by atoms with Crippen molar-refractivity contribution in [2.24, 2.45) is 0 Å². The third-order valence-corrected chi connectivity index (χ3v) is 5.97. The first kappa shape index (κ1) is 20.9. The molecule has 3 aromatic rings. The standard InChI is InChI=1S/C25H32N2O3/c1-17(2)22-9-8-21(14-18(22)3)30-16-20(28)15-27-24-7-5-4-6-23(24)26-25(27)19-10-12-29-13-11-19/h4-9,14,17,19-20,28H,10-13,15-16H2,1-3H3. The minimum absolute atomic E-state index is 0.250. The second-order valence-corrected chi connectivity index (χ2v) is 8.59. The third kappa shape index (κ3) is 4.52. The van der Waals surface area contributed by atoms with E-state index in [1.807, 2.05) is 24.3 Å². The maximum atomic E-state index is 10.8. The number of fused-ring (bicyclic) bond motifs is 1. The van der Waals surface area contributed by atoms with Gasteiger partial charge in [-0.15, -0.1) is 0 Å². The summed E-state index contributed by atoms with van der Waals surface area (Å²) in [6, 6.07) is 14.3. The number of aliphatic hydroxyl groups excluding tert-OH is 1. The van der Waals surface area contributed by atoms with Gasteiger partial charge in [-0.2, -0.15) is 0 Å². The van der Waals surface area contributed by atoms with E-state index in [1.54, 1.807) is 0 Å². The van der Waals surface area contributed by atoms with Gasteiger partial charge in [-0.1, -0.05) is 32.0 Å². The lowest BCUT2D eigenvalue weighted by molar-refractivity contribution is 0.0780. The van der Waals surface area contributed by atoms with Gasteiger partial charge in [-0.05, 0) is 61.1 Å². The maximum absolute atomic E-state index is 10.8. The molecule has 160 valence electrons. The fourth-order valence-corrected chi connectivity index (χ4v) is 4.40. The van der Waals surface area contributed by atoms with Crippen molar-refractivity contribution in [1.29, 1.82) is 0 Å². The van der Waals surface area contributed by atoms with Gasteiger partial charge >= 0.3 is 0 Å². The van der Waals surface area contributed by atoms with Gasteiger partial charge in [-0.25, -0.2) is 4.98 Å². The smallest absolute Gasteiger partial charge is 0.119 e. The summed E-state index contributed by atoms with van der Waals surface area (Å²) in [4.78, 5) is 4.90. The van der Waals surface area contributed by atoms with Crippen molar-refractivity contribution in [2.45, 2.75) is 58.1 Å². The number of aliphatic hydroxyl groups is 1. The summed E-state index contributed by atoms with van der Waals surface area (Å²) in [5.41, 5.74) is 4.59. The third-order valence-electron chi connectivity index (χ3n) is 5.97. The number of hydrogen-bond acceptors (Lipinski definition) is 4. The van der Waals surface area contributed by atoms with Gasteiger partial charge in [-0.3, -0.25) is 0 Å². The molecule has 0 spiro atoms. The second-order valence-electron chi connectivity index (χ2n) is 8.59. The van der Waals surface area contributed by atoms with E-state index >= 15 is 0 Å². The molecule has 1 atom stereocenters. The van der Waals surface area contributed by atoms with E-state index in [2.05, 4.69) is 43.5 Å². The van der Waals surface area contributed by atoms with Crippen LogP contribution in [0.15, 0.2) is 42.5 Å². The number of para-hydroxylation sites is 2. The van der Waals surface area contributed by atoms with Crippen LogP contribution in [0.5, 0.6) is 5.75 Å². The molecular weight excluding hydrogens is 376 g/mol. The molecule has 1 fully saturated rings. The Labute approximate surface area is 178 Å². The summed E-state index contributed by atoms with van der Waals surface area (Å²) < 4.78 is 13.6. The maximum Gasteiger partial charge on any atom is 0.119 e. The molecule has 0 bridgehead atoms. The van der Waals surface area contributed by atoms with Crippen LogP contribution in [0.2, 0.25) is 0 Å². The van der Waals surface area contributed by atoms with Crippen molar-refractivity contribution >= 4 is 11.0 Å². The van der Waals surface area contributed by atoms with E-state index in [4.69, 9.17) is 14.5 Å². The Morgan fingerprint density at radius 1 is 1.17 bits per heavy atom. The number of nitrogens with zero attached hydrogens (tertiary/aromatic N) is 2. The molecule has 1 aromatic heterocycles. The molecule has 1 aliphatic heterocycles. The summed E-state index contributed by atoms with van der Waals surface area (Å²) in [5, 5.41) is 10.8. The Hall–Kier alpha value is -2.37. The summed E-state index contributed by atoms with van der Waals surface area (Å²) in [7, 11) is 0. The molecule has 0 saturated carbocycles. The summed E-state index contributed by atoms with van der Waals surface area (Å²) >= 11 is 0. The number of ether oxygens (including phenoxy) is 2. The largest absolute Gasteiger partial charge is 0.491 e. The zero-order chi connectivity index (χ0) is 21.1. The molecule has 0 aliphatic carbocycles. The van der Waals surface area contributed by atoms with E-state index in [1.165, 1.54) is 11.1 Å². The SMILES string of the molecule is Cc1cc(OCC(O)Cn2c(C3CCOCC3)nc3ccccc32)ccc1C(C)C. The van der Waals surface area contributed by atoms with Crippen molar-refractivity contribution in [1.82, 2.24) is 9.55 Å².